The average molecular weight is 574 g/mol. The molecule has 1 amide bonds. The number of amides is 1. The van der Waals surface area contributed by atoms with Gasteiger partial charge in [0.15, 0.2) is 5.11 Å². The lowest BCUT2D eigenvalue weighted by molar-refractivity contribution is -0.137. The zero-order valence-corrected chi connectivity index (χ0v) is 23.6. The highest BCUT2D eigenvalue weighted by Gasteiger charge is 2.49. The summed E-state index contributed by atoms with van der Waals surface area (Å²) in [6.07, 6.45) is -1.66. The predicted molar refractivity (Wildman–Crippen MR) is 143 cm³/mol. The molecule has 0 bridgehead atoms. The van der Waals surface area contributed by atoms with Crippen molar-refractivity contribution in [2.75, 3.05) is 49.9 Å². The second-order valence-corrected chi connectivity index (χ2v) is 12.5. The summed E-state index contributed by atoms with van der Waals surface area (Å²) in [6, 6.07) is 4.72. The number of hydrogen-bond donors (Lipinski definition) is 0. The third-order valence-corrected chi connectivity index (χ3v) is 9.53. The van der Waals surface area contributed by atoms with Gasteiger partial charge in [0.2, 0.25) is 10.0 Å². The fraction of sp³-hybridized carbons (Fsp3) is 0.640. The van der Waals surface area contributed by atoms with Crippen LogP contribution in [-0.2, 0) is 21.0 Å². The lowest BCUT2D eigenvalue weighted by Crippen LogP contribution is -2.49. The summed E-state index contributed by atoms with van der Waals surface area (Å²) in [5.41, 5.74) is -2.65. The molecule has 2 fully saturated rings. The van der Waals surface area contributed by atoms with Gasteiger partial charge in [-0.05, 0) is 70.1 Å². The number of carbonyl (C=O) groups is 1. The van der Waals surface area contributed by atoms with Gasteiger partial charge in [0.05, 0.1) is 28.6 Å². The molecule has 2 heterocycles. The van der Waals surface area contributed by atoms with E-state index < -0.39 is 38.8 Å². The summed E-state index contributed by atoms with van der Waals surface area (Å²) >= 11 is 5.53. The number of thiocarbonyl (C=S) groups is 1. The number of hydrogen-bond acceptors (Lipinski definition) is 6. The van der Waals surface area contributed by atoms with Crippen LogP contribution < -0.4 is 4.90 Å². The van der Waals surface area contributed by atoms with Crippen LogP contribution in [-0.4, -0.2) is 84.1 Å². The first-order valence-electron chi connectivity index (χ1n) is 12.7. The van der Waals surface area contributed by atoms with E-state index in [4.69, 9.17) is 17.5 Å². The topological polar surface area (TPSA) is 88.0 Å². The molecule has 3 rings (SSSR count). The molecule has 0 N–H and O–H groups in total. The van der Waals surface area contributed by atoms with Gasteiger partial charge in [0, 0.05) is 32.7 Å². The van der Waals surface area contributed by atoms with Crippen molar-refractivity contribution >= 4 is 38.9 Å². The van der Waals surface area contributed by atoms with Crippen molar-refractivity contribution < 1.29 is 26.4 Å². The molecule has 210 valence electrons. The predicted octanol–water partition coefficient (Wildman–Crippen LogP) is 3.82. The van der Waals surface area contributed by atoms with Crippen molar-refractivity contribution in [3.63, 3.8) is 0 Å². The van der Waals surface area contributed by atoms with Gasteiger partial charge in [-0.15, -0.1) is 0 Å². The third kappa shape index (κ3) is 6.47. The van der Waals surface area contributed by atoms with E-state index in [0.717, 1.165) is 42.8 Å². The second kappa shape index (κ2) is 11.9. The Balaban J connectivity index is 1.55. The first-order valence-corrected chi connectivity index (χ1v) is 14.7. The third-order valence-electron chi connectivity index (χ3n) is 7.05. The maximum Gasteiger partial charge on any atom is 0.417 e. The normalized spacial score (nSPS) is 19.3. The van der Waals surface area contributed by atoms with Crippen molar-refractivity contribution in [1.29, 1.82) is 5.26 Å². The van der Waals surface area contributed by atoms with Crippen molar-refractivity contribution in [2.45, 2.75) is 58.2 Å². The number of sulfonamides is 1. The van der Waals surface area contributed by atoms with Crippen LogP contribution in [0.1, 0.15) is 57.6 Å². The summed E-state index contributed by atoms with van der Waals surface area (Å²) in [5.74, 6) is -0.243. The molecule has 0 atom stereocenters. The SMILES string of the molecule is CCCS(=O)(=O)N1CCN(CCCCCN2C(=S)N(c3ccc(C#N)c(C(F)(F)F)c3)C(=O)C2(C)C)CC1. The Labute approximate surface area is 228 Å². The minimum atomic E-state index is -4.74. The summed E-state index contributed by atoms with van der Waals surface area (Å²) in [4.78, 5) is 18.3. The molecular formula is C25H34F3N5O3S2. The first kappa shape index (κ1) is 30.3. The van der Waals surface area contributed by atoms with Gasteiger partial charge in [0.25, 0.3) is 5.91 Å². The molecular weight excluding hydrogens is 539 g/mol. The largest absolute Gasteiger partial charge is 0.417 e. The number of nitrogens with zero attached hydrogens (tertiary/aromatic N) is 5. The molecule has 8 nitrogen and oxygen atoms in total. The van der Waals surface area contributed by atoms with Crippen molar-refractivity contribution in [1.82, 2.24) is 14.1 Å². The monoisotopic (exact) mass is 573 g/mol. The van der Waals surface area contributed by atoms with E-state index in [9.17, 15) is 26.4 Å². The van der Waals surface area contributed by atoms with Crippen LogP contribution >= 0.6 is 12.2 Å². The lowest BCUT2D eigenvalue weighted by Gasteiger charge is -2.34. The molecule has 2 aliphatic rings. The number of carbonyl (C=O) groups excluding carboxylic acids is 1. The molecule has 1 aromatic carbocycles. The van der Waals surface area contributed by atoms with Crippen molar-refractivity contribution in [3.8, 4) is 6.07 Å². The van der Waals surface area contributed by atoms with Crippen LogP contribution in [0.25, 0.3) is 0 Å². The number of halogens is 3. The fourth-order valence-corrected chi connectivity index (χ4v) is 6.84. The standard InChI is InChI=1S/C25H34F3N5O3S2/c1-4-16-38(35,36)31-14-12-30(13-15-31)10-6-5-7-11-32-23(37)33(22(34)24(32,2)3)20-9-8-19(18-29)21(17-20)25(26,27)28/h8-9,17H,4-7,10-16H2,1-3H3. The Bertz CT molecular complexity index is 1190. The van der Waals surface area contributed by atoms with E-state index in [1.165, 1.54) is 6.07 Å². The van der Waals surface area contributed by atoms with Crippen LogP contribution in [0.3, 0.4) is 0 Å². The average Bonchev–Trinajstić information content (AvgIpc) is 3.02. The van der Waals surface area contributed by atoms with Gasteiger partial charge in [-0.2, -0.15) is 22.7 Å². The quantitative estimate of drug-likeness (QED) is 0.311. The molecule has 13 heteroatoms. The Hall–Kier alpha value is -2.27. The highest BCUT2D eigenvalue weighted by atomic mass is 32.2. The summed E-state index contributed by atoms with van der Waals surface area (Å²) in [5, 5.41) is 9.20. The Morgan fingerprint density at radius 3 is 2.29 bits per heavy atom. The lowest BCUT2D eigenvalue weighted by atomic mass is 10.0. The van der Waals surface area contributed by atoms with E-state index >= 15 is 0 Å². The van der Waals surface area contributed by atoms with E-state index in [1.807, 2.05) is 6.92 Å². The molecule has 0 spiro atoms. The minimum absolute atomic E-state index is 0.0120. The van der Waals surface area contributed by atoms with Gasteiger partial charge < -0.3 is 9.80 Å². The maximum absolute atomic E-state index is 13.5. The van der Waals surface area contributed by atoms with Gasteiger partial charge >= 0.3 is 6.18 Å². The number of nitriles is 1. The molecule has 2 saturated heterocycles. The van der Waals surface area contributed by atoms with Crippen LogP contribution in [0.15, 0.2) is 18.2 Å². The Morgan fingerprint density at radius 2 is 1.71 bits per heavy atom. The van der Waals surface area contributed by atoms with Gasteiger partial charge in [-0.3, -0.25) is 9.69 Å². The molecule has 2 aliphatic heterocycles. The molecule has 0 saturated carbocycles. The van der Waals surface area contributed by atoms with E-state index in [1.54, 1.807) is 29.1 Å². The summed E-state index contributed by atoms with van der Waals surface area (Å²) in [6.45, 7) is 8.95. The van der Waals surface area contributed by atoms with Gasteiger partial charge in [-0.25, -0.2) is 8.42 Å². The smallest absolute Gasteiger partial charge is 0.334 e. The minimum Gasteiger partial charge on any atom is -0.334 e. The zero-order valence-electron chi connectivity index (χ0n) is 21.9. The number of unbranched alkanes of at least 4 members (excludes halogenated alkanes) is 2. The van der Waals surface area contributed by atoms with Crippen LogP contribution in [0.4, 0.5) is 18.9 Å². The maximum atomic E-state index is 13.5. The highest BCUT2D eigenvalue weighted by Crippen LogP contribution is 2.38. The number of alkyl halides is 3. The van der Waals surface area contributed by atoms with E-state index in [2.05, 4.69) is 4.90 Å². The van der Waals surface area contributed by atoms with E-state index in [-0.39, 0.29) is 16.6 Å². The van der Waals surface area contributed by atoms with Crippen molar-refractivity contribution in [2.24, 2.45) is 0 Å². The number of piperazine rings is 1. The molecule has 1 aromatic rings. The molecule has 0 aliphatic carbocycles. The molecule has 0 radical (unpaired) electrons. The van der Waals surface area contributed by atoms with Crippen molar-refractivity contribution in [3.05, 3.63) is 29.3 Å². The second-order valence-electron chi connectivity index (χ2n) is 10.1. The fourth-order valence-electron chi connectivity index (χ4n) is 4.84. The number of rotatable bonds is 10. The zero-order chi connectivity index (χ0) is 28.3. The Kier molecular flexibility index (Phi) is 9.45. The molecule has 0 unspecified atom stereocenters. The van der Waals surface area contributed by atoms with Crippen LogP contribution in [0.2, 0.25) is 0 Å². The van der Waals surface area contributed by atoms with Gasteiger partial charge in [-0.1, -0.05) is 13.3 Å². The van der Waals surface area contributed by atoms with Crippen LogP contribution in [0, 0.1) is 11.3 Å². The molecule has 38 heavy (non-hydrogen) atoms. The first-order chi connectivity index (χ1) is 17.7. The van der Waals surface area contributed by atoms with E-state index in [0.29, 0.717) is 39.1 Å². The molecule has 0 aromatic heterocycles. The highest BCUT2D eigenvalue weighted by molar-refractivity contribution is 7.89. The van der Waals surface area contributed by atoms with Gasteiger partial charge in [0.1, 0.15) is 5.54 Å². The number of benzene rings is 1. The summed E-state index contributed by atoms with van der Waals surface area (Å²) in [7, 11) is -3.17. The number of anilines is 1. The Morgan fingerprint density at radius 1 is 1.08 bits per heavy atom. The van der Waals surface area contributed by atoms with Crippen LogP contribution in [0.5, 0.6) is 0 Å². The summed E-state index contributed by atoms with van der Waals surface area (Å²) < 4.78 is 66.4.